The molecule has 23 heavy (non-hydrogen) atoms. The molecule has 1 aromatic carbocycles. The Balaban J connectivity index is 2.14. The first-order valence-electron chi connectivity index (χ1n) is 7.16. The monoisotopic (exact) mass is 349 g/mol. The van der Waals surface area contributed by atoms with Gasteiger partial charge in [0, 0.05) is 10.9 Å². The van der Waals surface area contributed by atoms with Crippen molar-refractivity contribution in [2.24, 2.45) is 11.7 Å². The molecule has 0 aliphatic carbocycles. The highest BCUT2D eigenvalue weighted by atomic mass is 32.2. The average molecular weight is 349 g/mol. The summed E-state index contributed by atoms with van der Waals surface area (Å²) in [5.41, 5.74) is 8.15. The molecule has 0 aliphatic rings. The molecular weight excluding hydrogens is 330 g/mol. The van der Waals surface area contributed by atoms with Crippen LogP contribution in [-0.2, 0) is 4.79 Å². The van der Waals surface area contributed by atoms with Crippen LogP contribution in [0.5, 0.6) is 0 Å². The van der Waals surface area contributed by atoms with Crippen molar-refractivity contribution in [1.29, 1.82) is 0 Å². The van der Waals surface area contributed by atoms with Crippen molar-refractivity contribution in [1.82, 2.24) is 10.3 Å². The zero-order chi connectivity index (χ0) is 17.0. The first kappa shape index (κ1) is 17.5. The summed E-state index contributed by atoms with van der Waals surface area (Å²) in [6.07, 6.45) is 0. The lowest BCUT2D eigenvalue weighted by Crippen LogP contribution is -2.42. The van der Waals surface area contributed by atoms with E-state index in [4.69, 9.17) is 5.73 Å². The minimum absolute atomic E-state index is 0.0473. The molecule has 7 heteroatoms. The van der Waals surface area contributed by atoms with Crippen LogP contribution in [0.3, 0.4) is 0 Å². The van der Waals surface area contributed by atoms with Crippen LogP contribution in [0.2, 0.25) is 0 Å². The van der Waals surface area contributed by atoms with Crippen LogP contribution in [0, 0.1) is 12.8 Å². The fraction of sp³-hybridized carbons (Fsp3) is 0.312. The first-order chi connectivity index (χ1) is 10.9. The van der Waals surface area contributed by atoms with Crippen molar-refractivity contribution < 1.29 is 9.59 Å². The molecule has 1 unspecified atom stereocenters. The number of primary amides is 1. The highest BCUT2D eigenvalue weighted by Crippen LogP contribution is 2.33. The lowest BCUT2D eigenvalue weighted by atomic mass is 10.1. The molecule has 0 bridgehead atoms. The second-order valence-corrected chi connectivity index (χ2v) is 7.75. The SMILES string of the molecule is Cc1ccc(-c2csc(SC(C(=O)NC(N)=O)C(C)C)n2)cc1. The summed E-state index contributed by atoms with van der Waals surface area (Å²) in [5, 5.41) is 3.70. The van der Waals surface area contributed by atoms with E-state index in [0.29, 0.717) is 0 Å². The average Bonchev–Trinajstić information content (AvgIpc) is 2.93. The molecule has 3 N–H and O–H groups in total. The van der Waals surface area contributed by atoms with Gasteiger partial charge in [0.05, 0.1) is 10.9 Å². The van der Waals surface area contributed by atoms with Crippen LogP contribution in [0.1, 0.15) is 19.4 Å². The van der Waals surface area contributed by atoms with Gasteiger partial charge in [-0.3, -0.25) is 10.1 Å². The Morgan fingerprint density at radius 2 is 1.91 bits per heavy atom. The smallest absolute Gasteiger partial charge is 0.318 e. The summed E-state index contributed by atoms with van der Waals surface area (Å²) in [4.78, 5) is 27.5. The minimum Gasteiger partial charge on any atom is -0.351 e. The van der Waals surface area contributed by atoms with Gasteiger partial charge in [-0.05, 0) is 12.8 Å². The molecule has 1 atom stereocenters. The molecule has 0 aliphatic heterocycles. The van der Waals surface area contributed by atoms with Gasteiger partial charge in [0.25, 0.3) is 0 Å². The van der Waals surface area contributed by atoms with Gasteiger partial charge in [-0.25, -0.2) is 9.78 Å². The number of thiazole rings is 1. The van der Waals surface area contributed by atoms with E-state index in [1.54, 1.807) is 0 Å². The number of benzene rings is 1. The van der Waals surface area contributed by atoms with E-state index < -0.39 is 11.3 Å². The van der Waals surface area contributed by atoms with Gasteiger partial charge >= 0.3 is 6.03 Å². The number of nitrogens with one attached hydrogen (secondary N) is 1. The number of urea groups is 1. The van der Waals surface area contributed by atoms with Crippen molar-refractivity contribution >= 4 is 35.0 Å². The van der Waals surface area contributed by atoms with Gasteiger partial charge in [-0.15, -0.1) is 11.3 Å². The van der Waals surface area contributed by atoms with E-state index in [2.05, 4.69) is 10.3 Å². The molecule has 3 amide bonds. The van der Waals surface area contributed by atoms with Gasteiger partial charge < -0.3 is 5.73 Å². The van der Waals surface area contributed by atoms with E-state index in [-0.39, 0.29) is 11.8 Å². The zero-order valence-corrected chi connectivity index (χ0v) is 14.8. The van der Waals surface area contributed by atoms with Crippen LogP contribution in [0.25, 0.3) is 11.3 Å². The van der Waals surface area contributed by atoms with Crippen molar-refractivity contribution in [3.8, 4) is 11.3 Å². The molecule has 1 aromatic heterocycles. The number of imide groups is 1. The summed E-state index contributed by atoms with van der Waals surface area (Å²) in [6, 6.07) is 7.30. The Hall–Kier alpha value is -1.86. The Labute approximate surface area is 143 Å². The molecule has 0 radical (unpaired) electrons. The number of carbonyl (C=O) groups excluding carboxylic acids is 2. The van der Waals surface area contributed by atoms with E-state index >= 15 is 0 Å². The maximum Gasteiger partial charge on any atom is 0.318 e. The zero-order valence-electron chi connectivity index (χ0n) is 13.2. The lowest BCUT2D eigenvalue weighted by molar-refractivity contribution is -0.120. The van der Waals surface area contributed by atoms with Crippen LogP contribution in [0.15, 0.2) is 34.0 Å². The third kappa shape index (κ3) is 4.80. The van der Waals surface area contributed by atoms with E-state index in [1.165, 1.54) is 28.7 Å². The summed E-state index contributed by atoms with van der Waals surface area (Å²) < 4.78 is 0.791. The summed E-state index contributed by atoms with van der Waals surface area (Å²) in [7, 11) is 0. The van der Waals surface area contributed by atoms with E-state index in [1.807, 2.05) is 50.4 Å². The van der Waals surface area contributed by atoms with Crippen LogP contribution in [-0.4, -0.2) is 22.2 Å². The number of nitrogens with two attached hydrogens (primary N) is 1. The summed E-state index contributed by atoms with van der Waals surface area (Å²) in [5.74, 6) is -0.337. The van der Waals surface area contributed by atoms with Crippen molar-refractivity contribution in [3.63, 3.8) is 0 Å². The third-order valence-corrected chi connectivity index (χ3v) is 5.69. The highest BCUT2D eigenvalue weighted by Gasteiger charge is 2.25. The van der Waals surface area contributed by atoms with Gasteiger partial charge in [0.1, 0.15) is 0 Å². The maximum absolute atomic E-state index is 12.1. The number of aromatic nitrogens is 1. The topological polar surface area (TPSA) is 85.1 Å². The Kier molecular flexibility index (Phi) is 5.79. The molecule has 0 fully saturated rings. The third-order valence-electron chi connectivity index (χ3n) is 3.17. The number of amides is 3. The van der Waals surface area contributed by atoms with Gasteiger partial charge in [-0.2, -0.15) is 0 Å². The van der Waals surface area contributed by atoms with Crippen molar-refractivity contribution in [2.75, 3.05) is 0 Å². The number of thioether (sulfide) groups is 1. The largest absolute Gasteiger partial charge is 0.351 e. The van der Waals surface area contributed by atoms with Gasteiger partial charge in [0.2, 0.25) is 5.91 Å². The molecule has 5 nitrogen and oxygen atoms in total. The molecule has 2 rings (SSSR count). The molecule has 2 aromatic rings. The fourth-order valence-corrected chi connectivity index (χ4v) is 4.00. The molecule has 0 saturated carbocycles. The van der Waals surface area contributed by atoms with Gasteiger partial charge in [-0.1, -0.05) is 55.4 Å². The minimum atomic E-state index is -0.833. The number of aryl methyl sites for hydroxylation is 1. The van der Waals surface area contributed by atoms with Crippen LogP contribution >= 0.6 is 23.1 Å². The van der Waals surface area contributed by atoms with Crippen LogP contribution < -0.4 is 11.1 Å². The second-order valence-electron chi connectivity index (χ2n) is 5.50. The van der Waals surface area contributed by atoms with E-state index in [9.17, 15) is 9.59 Å². The Bertz CT molecular complexity index is 696. The number of hydrogen-bond acceptors (Lipinski definition) is 5. The second kappa shape index (κ2) is 7.61. The first-order valence-corrected chi connectivity index (χ1v) is 8.92. The fourth-order valence-electron chi connectivity index (χ4n) is 1.96. The molecule has 1 heterocycles. The Morgan fingerprint density at radius 1 is 1.26 bits per heavy atom. The predicted octanol–water partition coefficient (Wildman–Crippen LogP) is 3.43. The van der Waals surface area contributed by atoms with E-state index in [0.717, 1.165) is 15.6 Å². The number of nitrogens with zero attached hydrogens (tertiary/aromatic N) is 1. The summed E-state index contributed by atoms with van der Waals surface area (Å²) >= 11 is 2.84. The quantitative estimate of drug-likeness (QED) is 0.810. The number of hydrogen-bond donors (Lipinski definition) is 2. The van der Waals surface area contributed by atoms with Crippen molar-refractivity contribution in [3.05, 3.63) is 35.2 Å². The molecule has 0 spiro atoms. The standard InChI is InChI=1S/C16H19N3O2S2/c1-9(2)13(14(20)19-15(17)21)23-16-18-12(8-22-16)11-6-4-10(3)5-7-11/h4-9,13H,1-3H3,(H3,17,19,20,21). The van der Waals surface area contributed by atoms with Crippen molar-refractivity contribution in [2.45, 2.75) is 30.4 Å². The van der Waals surface area contributed by atoms with Gasteiger partial charge in [0.15, 0.2) is 4.34 Å². The van der Waals surface area contributed by atoms with Crippen LogP contribution in [0.4, 0.5) is 4.79 Å². The predicted molar refractivity (Wildman–Crippen MR) is 94.5 cm³/mol. The lowest BCUT2D eigenvalue weighted by Gasteiger charge is -2.17. The maximum atomic E-state index is 12.1. The molecular formula is C16H19N3O2S2. The highest BCUT2D eigenvalue weighted by molar-refractivity contribution is 8.02. The summed E-state index contributed by atoms with van der Waals surface area (Å²) in [6.45, 7) is 5.89. The number of carbonyl (C=O) groups is 2. The Morgan fingerprint density at radius 3 is 2.48 bits per heavy atom. The molecule has 122 valence electrons. The number of rotatable bonds is 5. The normalized spacial score (nSPS) is 12.2. The molecule has 0 saturated heterocycles.